The monoisotopic (exact) mass is 320 g/mol. The summed E-state index contributed by atoms with van der Waals surface area (Å²) in [6, 6.07) is 5.42. The molecule has 0 saturated heterocycles. The SMILES string of the molecule is COCCNC(=O)CNC(=O)Cc1coc2cc(OC)ccc12. The quantitative estimate of drug-likeness (QED) is 0.704. The minimum absolute atomic E-state index is 0.0633. The Morgan fingerprint density at radius 3 is 2.74 bits per heavy atom. The first kappa shape index (κ1) is 16.8. The second kappa shape index (κ2) is 8.19. The van der Waals surface area contributed by atoms with Gasteiger partial charge >= 0.3 is 0 Å². The molecule has 124 valence electrons. The smallest absolute Gasteiger partial charge is 0.239 e. The van der Waals surface area contributed by atoms with E-state index in [9.17, 15) is 9.59 Å². The number of nitrogens with one attached hydrogen (secondary N) is 2. The van der Waals surface area contributed by atoms with Crippen molar-refractivity contribution in [1.29, 1.82) is 0 Å². The lowest BCUT2D eigenvalue weighted by atomic mass is 10.1. The first-order chi connectivity index (χ1) is 11.1. The van der Waals surface area contributed by atoms with E-state index >= 15 is 0 Å². The number of carbonyl (C=O) groups is 2. The fourth-order valence-electron chi connectivity index (χ4n) is 2.10. The summed E-state index contributed by atoms with van der Waals surface area (Å²) in [5, 5.41) is 6.06. The lowest BCUT2D eigenvalue weighted by Crippen LogP contribution is -2.38. The van der Waals surface area contributed by atoms with Gasteiger partial charge < -0.3 is 24.5 Å². The highest BCUT2D eigenvalue weighted by molar-refractivity contribution is 5.90. The molecule has 2 N–H and O–H groups in total. The molecule has 0 unspecified atom stereocenters. The van der Waals surface area contributed by atoms with Crippen molar-refractivity contribution in [2.24, 2.45) is 0 Å². The predicted octanol–water partition coefficient (Wildman–Crippen LogP) is 0.863. The Hall–Kier alpha value is -2.54. The third-order valence-electron chi connectivity index (χ3n) is 3.29. The number of fused-ring (bicyclic) bond motifs is 1. The maximum atomic E-state index is 11.9. The minimum atomic E-state index is -0.253. The van der Waals surface area contributed by atoms with Gasteiger partial charge in [-0.3, -0.25) is 9.59 Å². The van der Waals surface area contributed by atoms with E-state index in [0.717, 1.165) is 10.9 Å². The Kier molecular flexibility index (Phi) is 5.99. The van der Waals surface area contributed by atoms with Crippen molar-refractivity contribution >= 4 is 22.8 Å². The van der Waals surface area contributed by atoms with Gasteiger partial charge in [-0.25, -0.2) is 0 Å². The summed E-state index contributed by atoms with van der Waals surface area (Å²) in [4.78, 5) is 23.4. The lowest BCUT2D eigenvalue weighted by molar-refractivity contribution is -0.125. The summed E-state index contributed by atoms with van der Waals surface area (Å²) in [6.45, 7) is 0.787. The molecule has 23 heavy (non-hydrogen) atoms. The van der Waals surface area contributed by atoms with Crippen LogP contribution in [0.1, 0.15) is 5.56 Å². The zero-order valence-corrected chi connectivity index (χ0v) is 13.2. The number of rotatable bonds is 8. The van der Waals surface area contributed by atoms with Gasteiger partial charge in [0.1, 0.15) is 11.3 Å². The maximum absolute atomic E-state index is 11.9. The van der Waals surface area contributed by atoms with Crippen LogP contribution in [-0.2, 0) is 20.7 Å². The highest BCUT2D eigenvalue weighted by Gasteiger charge is 2.12. The standard InChI is InChI=1S/C16H20N2O5/c1-21-6-5-17-16(20)9-18-15(19)7-11-10-23-14-8-12(22-2)3-4-13(11)14/h3-4,8,10H,5-7,9H2,1-2H3,(H,17,20)(H,18,19). The van der Waals surface area contributed by atoms with E-state index in [1.807, 2.05) is 12.1 Å². The molecule has 0 bridgehead atoms. The van der Waals surface area contributed by atoms with Crippen molar-refractivity contribution in [3.8, 4) is 5.75 Å². The van der Waals surface area contributed by atoms with Crippen molar-refractivity contribution in [3.63, 3.8) is 0 Å². The van der Waals surface area contributed by atoms with Crippen molar-refractivity contribution in [2.75, 3.05) is 33.9 Å². The van der Waals surface area contributed by atoms with Gasteiger partial charge in [0.05, 0.1) is 32.9 Å². The molecule has 0 atom stereocenters. The number of carbonyl (C=O) groups excluding carboxylic acids is 2. The molecule has 1 aromatic carbocycles. The second-order valence-electron chi connectivity index (χ2n) is 4.92. The van der Waals surface area contributed by atoms with Crippen LogP contribution in [0.25, 0.3) is 11.0 Å². The van der Waals surface area contributed by atoms with Crippen LogP contribution in [0.4, 0.5) is 0 Å². The van der Waals surface area contributed by atoms with Crippen molar-refractivity contribution in [2.45, 2.75) is 6.42 Å². The molecule has 0 radical (unpaired) electrons. The van der Waals surface area contributed by atoms with Crippen molar-refractivity contribution < 1.29 is 23.5 Å². The molecule has 0 spiro atoms. The fraction of sp³-hybridized carbons (Fsp3) is 0.375. The average Bonchev–Trinajstić information content (AvgIpc) is 2.95. The Morgan fingerprint density at radius 2 is 2.00 bits per heavy atom. The maximum Gasteiger partial charge on any atom is 0.239 e. The minimum Gasteiger partial charge on any atom is -0.497 e. The number of hydrogen-bond donors (Lipinski definition) is 2. The van der Waals surface area contributed by atoms with E-state index in [-0.39, 0.29) is 24.8 Å². The van der Waals surface area contributed by atoms with Gasteiger partial charge in [-0.1, -0.05) is 0 Å². The normalized spacial score (nSPS) is 10.5. The van der Waals surface area contributed by atoms with Gasteiger partial charge in [0.2, 0.25) is 11.8 Å². The topological polar surface area (TPSA) is 89.8 Å². The van der Waals surface area contributed by atoms with E-state index in [0.29, 0.717) is 24.5 Å². The Balaban J connectivity index is 1.87. The van der Waals surface area contributed by atoms with E-state index in [4.69, 9.17) is 13.9 Å². The summed E-state index contributed by atoms with van der Waals surface area (Å²) in [5.74, 6) is 0.193. The third-order valence-corrected chi connectivity index (χ3v) is 3.29. The highest BCUT2D eigenvalue weighted by Crippen LogP contribution is 2.25. The van der Waals surface area contributed by atoms with Gasteiger partial charge in [-0.15, -0.1) is 0 Å². The van der Waals surface area contributed by atoms with Crippen LogP contribution >= 0.6 is 0 Å². The number of methoxy groups -OCH3 is 2. The molecule has 0 saturated carbocycles. The van der Waals surface area contributed by atoms with Crippen LogP contribution < -0.4 is 15.4 Å². The zero-order valence-electron chi connectivity index (χ0n) is 13.2. The molecule has 0 aliphatic heterocycles. The van der Waals surface area contributed by atoms with E-state index in [1.54, 1.807) is 26.5 Å². The number of amides is 2. The van der Waals surface area contributed by atoms with Crippen LogP contribution in [0.3, 0.4) is 0 Å². The molecule has 2 rings (SSSR count). The molecule has 0 fully saturated rings. The fourth-order valence-corrected chi connectivity index (χ4v) is 2.10. The Bertz CT molecular complexity index is 680. The van der Waals surface area contributed by atoms with Crippen LogP contribution in [0.5, 0.6) is 5.75 Å². The summed E-state index contributed by atoms with van der Waals surface area (Å²) in [5.41, 5.74) is 1.42. The van der Waals surface area contributed by atoms with E-state index in [2.05, 4.69) is 10.6 Å². The molecule has 0 aliphatic rings. The molecular weight excluding hydrogens is 300 g/mol. The molecule has 7 heteroatoms. The zero-order chi connectivity index (χ0) is 16.7. The van der Waals surface area contributed by atoms with E-state index < -0.39 is 0 Å². The number of furan rings is 1. The first-order valence-corrected chi connectivity index (χ1v) is 7.20. The van der Waals surface area contributed by atoms with Crippen molar-refractivity contribution in [1.82, 2.24) is 10.6 Å². The molecule has 7 nitrogen and oxygen atoms in total. The summed E-state index contributed by atoms with van der Waals surface area (Å²) >= 11 is 0. The van der Waals surface area contributed by atoms with Gasteiger partial charge in [-0.2, -0.15) is 0 Å². The Morgan fingerprint density at radius 1 is 1.17 bits per heavy atom. The number of ether oxygens (including phenoxy) is 2. The number of hydrogen-bond acceptors (Lipinski definition) is 5. The average molecular weight is 320 g/mol. The van der Waals surface area contributed by atoms with Crippen LogP contribution in [0.2, 0.25) is 0 Å². The summed E-state index contributed by atoms with van der Waals surface area (Å²) < 4.78 is 15.4. The molecule has 1 aromatic heterocycles. The van der Waals surface area contributed by atoms with Gasteiger partial charge in [0, 0.05) is 30.7 Å². The molecule has 0 aliphatic carbocycles. The van der Waals surface area contributed by atoms with Gasteiger partial charge in [-0.05, 0) is 12.1 Å². The third kappa shape index (κ3) is 4.72. The van der Waals surface area contributed by atoms with Gasteiger partial charge in [0.25, 0.3) is 0 Å². The molecule has 2 aromatic rings. The van der Waals surface area contributed by atoms with E-state index in [1.165, 1.54) is 0 Å². The lowest BCUT2D eigenvalue weighted by Gasteiger charge is -2.06. The largest absolute Gasteiger partial charge is 0.497 e. The van der Waals surface area contributed by atoms with Gasteiger partial charge in [0.15, 0.2) is 0 Å². The summed E-state index contributed by atoms with van der Waals surface area (Å²) in [6.07, 6.45) is 1.69. The predicted molar refractivity (Wildman–Crippen MR) is 84.4 cm³/mol. The molecular formula is C16H20N2O5. The summed E-state index contributed by atoms with van der Waals surface area (Å²) in [7, 11) is 3.13. The second-order valence-corrected chi connectivity index (χ2v) is 4.92. The number of benzene rings is 1. The molecule has 2 amide bonds. The van der Waals surface area contributed by atoms with Crippen molar-refractivity contribution in [3.05, 3.63) is 30.0 Å². The first-order valence-electron chi connectivity index (χ1n) is 7.20. The van der Waals surface area contributed by atoms with Crippen LogP contribution in [0, 0.1) is 0 Å². The Labute approximate surface area is 133 Å². The molecule has 1 heterocycles. The van der Waals surface area contributed by atoms with Crippen LogP contribution in [0.15, 0.2) is 28.9 Å². The highest BCUT2D eigenvalue weighted by atomic mass is 16.5. The van der Waals surface area contributed by atoms with Crippen LogP contribution in [-0.4, -0.2) is 45.7 Å².